The van der Waals surface area contributed by atoms with Gasteiger partial charge in [-0.2, -0.15) is 0 Å². The van der Waals surface area contributed by atoms with Crippen molar-refractivity contribution in [2.24, 2.45) is 0 Å². The van der Waals surface area contributed by atoms with Crippen molar-refractivity contribution in [2.45, 2.75) is 43.6 Å². The molecule has 5 nitrogen and oxygen atoms in total. The van der Waals surface area contributed by atoms with E-state index in [0.29, 0.717) is 12.5 Å². The van der Waals surface area contributed by atoms with Crippen molar-refractivity contribution in [3.05, 3.63) is 54.4 Å². The van der Waals surface area contributed by atoms with Gasteiger partial charge in [0.15, 0.2) is 0 Å². The van der Waals surface area contributed by atoms with Crippen molar-refractivity contribution < 1.29 is 9.53 Å². The maximum Gasteiger partial charge on any atom is 0.232 e. The molecule has 0 saturated carbocycles. The first kappa shape index (κ1) is 17.8. The number of benzene rings is 1. The van der Waals surface area contributed by atoms with Gasteiger partial charge in [-0.15, -0.1) is 0 Å². The van der Waals surface area contributed by atoms with E-state index in [1.54, 1.807) is 12.4 Å². The lowest BCUT2D eigenvalue weighted by Crippen LogP contribution is -2.52. The molecule has 1 spiro atoms. The molecular formula is C23H27N3O2. The zero-order valence-electron chi connectivity index (χ0n) is 16.2. The summed E-state index contributed by atoms with van der Waals surface area (Å²) in [5, 5.41) is 0. The molecule has 5 rings (SSSR count). The number of aromatic nitrogens is 1. The maximum absolute atomic E-state index is 13.3. The van der Waals surface area contributed by atoms with Crippen LogP contribution in [0.1, 0.15) is 37.7 Å². The minimum atomic E-state index is -0.0337. The van der Waals surface area contributed by atoms with Crippen LogP contribution < -0.4 is 4.90 Å². The quantitative estimate of drug-likeness (QED) is 0.801. The number of amides is 1. The third kappa shape index (κ3) is 3.03. The van der Waals surface area contributed by atoms with Gasteiger partial charge in [0, 0.05) is 37.3 Å². The molecule has 3 aliphatic rings. The van der Waals surface area contributed by atoms with Gasteiger partial charge < -0.3 is 9.64 Å². The zero-order chi connectivity index (χ0) is 19.0. The standard InChI is InChI=1S/C23H27N3O2/c27-22-16-23(9-12-25(13-10-23)18-7-14-28-15-8-18)20-5-1-2-6-21(20)26(22)19-4-3-11-24-17-19/h1-6,11,17-18H,7-10,12-16H2. The monoisotopic (exact) mass is 377 g/mol. The summed E-state index contributed by atoms with van der Waals surface area (Å²) in [4.78, 5) is 22.0. The molecule has 2 aromatic rings. The van der Waals surface area contributed by atoms with Gasteiger partial charge in [-0.3, -0.25) is 14.7 Å². The number of para-hydroxylation sites is 1. The van der Waals surface area contributed by atoms with E-state index in [1.165, 1.54) is 5.56 Å². The maximum atomic E-state index is 13.3. The Bertz CT molecular complexity index is 840. The van der Waals surface area contributed by atoms with E-state index >= 15 is 0 Å². The van der Waals surface area contributed by atoms with Gasteiger partial charge in [0.1, 0.15) is 0 Å². The summed E-state index contributed by atoms with van der Waals surface area (Å²) < 4.78 is 5.53. The van der Waals surface area contributed by atoms with Crippen LogP contribution in [0.3, 0.4) is 0 Å². The van der Waals surface area contributed by atoms with Crippen LogP contribution in [-0.4, -0.2) is 48.1 Å². The highest BCUT2D eigenvalue weighted by molar-refractivity contribution is 6.04. The Hall–Kier alpha value is -2.24. The number of nitrogens with zero attached hydrogens (tertiary/aromatic N) is 3. The number of piperidine rings is 1. The average molecular weight is 377 g/mol. The summed E-state index contributed by atoms with van der Waals surface area (Å²) in [6, 6.07) is 13.0. The lowest BCUT2D eigenvalue weighted by molar-refractivity contribution is -0.120. The van der Waals surface area contributed by atoms with Crippen molar-refractivity contribution in [3.63, 3.8) is 0 Å². The third-order valence-electron chi connectivity index (χ3n) is 6.82. The van der Waals surface area contributed by atoms with Crippen LogP contribution in [0.2, 0.25) is 0 Å². The normalized spacial score (nSPS) is 23.0. The first-order valence-electron chi connectivity index (χ1n) is 10.4. The summed E-state index contributed by atoms with van der Waals surface area (Å²) in [5.74, 6) is 0.186. The molecule has 0 N–H and O–H groups in total. The second-order valence-corrected chi connectivity index (χ2v) is 8.29. The molecule has 0 bridgehead atoms. The van der Waals surface area contributed by atoms with Crippen LogP contribution in [0.15, 0.2) is 48.8 Å². The zero-order valence-corrected chi connectivity index (χ0v) is 16.2. The molecule has 0 aliphatic carbocycles. The van der Waals surface area contributed by atoms with E-state index in [9.17, 15) is 4.79 Å². The van der Waals surface area contributed by atoms with Crippen LogP contribution in [0.25, 0.3) is 0 Å². The van der Waals surface area contributed by atoms with E-state index < -0.39 is 0 Å². The predicted octanol–water partition coefficient (Wildman–Crippen LogP) is 3.66. The lowest BCUT2D eigenvalue weighted by Gasteiger charge is -2.49. The summed E-state index contributed by atoms with van der Waals surface area (Å²) in [6.07, 6.45) is 8.48. The lowest BCUT2D eigenvalue weighted by atomic mass is 9.67. The molecule has 0 radical (unpaired) electrons. The molecule has 1 aromatic heterocycles. The molecule has 1 amide bonds. The van der Waals surface area contributed by atoms with Crippen molar-refractivity contribution in [1.29, 1.82) is 0 Å². The van der Waals surface area contributed by atoms with Crippen molar-refractivity contribution >= 4 is 17.3 Å². The molecule has 4 heterocycles. The second kappa shape index (κ2) is 7.30. The van der Waals surface area contributed by atoms with E-state index in [0.717, 1.165) is 63.4 Å². The Balaban J connectivity index is 1.44. The largest absolute Gasteiger partial charge is 0.381 e. The minimum absolute atomic E-state index is 0.0337. The number of pyridine rings is 1. The topological polar surface area (TPSA) is 45.7 Å². The summed E-state index contributed by atoms with van der Waals surface area (Å²) in [6.45, 7) is 3.90. The average Bonchev–Trinajstić information content (AvgIpc) is 2.76. The van der Waals surface area contributed by atoms with Gasteiger partial charge in [-0.25, -0.2) is 0 Å². The van der Waals surface area contributed by atoms with E-state index in [1.807, 2.05) is 23.1 Å². The van der Waals surface area contributed by atoms with Crippen LogP contribution in [0, 0.1) is 0 Å². The fraction of sp³-hybridized carbons (Fsp3) is 0.478. The Morgan fingerprint density at radius 3 is 2.57 bits per heavy atom. The van der Waals surface area contributed by atoms with Crippen LogP contribution in [0.4, 0.5) is 11.4 Å². The molecule has 2 saturated heterocycles. The fourth-order valence-corrected chi connectivity index (χ4v) is 5.30. The summed E-state index contributed by atoms with van der Waals surface area (Å²) >= 11 is 0. The number of anilines is 2. The van der Waals surface area contributed by atoms with Gasteiger partial charge in [0.05, 0.1) is 17.6 Å². The van der Waals surface area contributed by atoms with Crippen molar-refractivity contribution in [1.82, 2.24) is 9.88 Å². The van der Waals surface area contributed by atoms with Gasteiger partial charge in [-0.1, -0.05) is 18.2 Å². The Kier molecular flexibility index (Phi) is 4.65. The molecule has 28 heavy (non-hydrogen) atoms. The van der Waals surface area contributed by atoms with Crippen molar-refractivity contribution in [3.8, 4) is 0 Å². The molecule has 146 valence electrons. The predicted molar refractivity (Wildman–Crippen MR) is 109 cm³/mol. The summed E-state index contributed by atoms with van der Waals surface area (Å²) in [7, 11) is 0. The number of hydrogen-bond acceptors (Lipinski definition) is 4. The highest BCUT2D eigenvalue weighted by Gasteiger charge is 2.46. The number of likely N-dealkylation sites (tertiary alicyclic amines) is 1. The Morgan fingerprint density at radius 1 is 1.04 bits per heavy atom. The van der Waals surface area contributed by atoms with Gasteiger partial charge in [-0.05, 0) is 62.5 Å². The van der Waals surface area contributed by atoms with Crippen LogP contribution >= 0.6 is 0 Å². The molecule has 0 unspecified atom stereocenters. The number of carbonyl (C=O) groups excluding carboxylic acids is 1. The minimum Gasteiger partial charge on any atom is -0.381 e. The highest BCUT2D eigenvalue weighted by Crippen LogP contribution is 2.49. The third-order valence-corrected chi connectivity index (χ3v) is 6.82. The molecule has 2 fully saturated rings. The smallest absolute Gasteiger partial charge is 0.232 e. The molecule has 3 aliphatic heterocycles. The van der Waals surface area contributed by atoms with Gasteiger partial charge in [0.2, 0.25) is 5.91 Å². The van der Waals surface area contributed by atoms with E-state index in [2.05, 4.69) is 28.1 Å². The molecule has 1 aromatic carbocycles. The van der Waals surface area contributed by atoms with Gasteiger partial charge in [0.25, 0.3) is 0 Å². The Morgan fingerprint density at radius 2 is 1.82 bits per heavy atom. The number of ether oxygens (including phenoxy) is 1. The molecule has 0 atom stereocenters. The molecular weight excluding hydrogens is 350 g/mol. The number of fused-ring (bicyclic) bond motifs is 2. The first-order valence-corrected chi connectivity index (χ1v) is 10.4. The number of rotatable bonds is 2. The van der Waals surface area contributed by atoms with Crippen molar-refractivity contribution in [2.75, 3.05) is 31.2 Å². The van der Waals surface area contributed by atoms with Crippen LogP contribution in [-0.2, 0) is 14.9 Å². The summed E-state index contributed by atoms with van der Waals surface area (Å²) in [5.41, 5.74) is 3.18. The highest BCUT2D eigenvalue weighted by atomic mass is 16.5. The van der Waals surface area contributed by atoms with Crippen LogP contribution in [0.5, 0.6) is 0 Å². The van der Waals surface area contributed by atoms with E-state index in [4.69, 9.17) is 4.74 Å². The SMILES string of the molecule is O=C1CC2(CCN(C3CCOCC3)CC2)c2ccccc2N1c1cccnc1. The number of hydrogen-bond donors (Lipinski definition) is 0. The number of carbonyl (C=O) groups is 1. The molecule has 5 heteroatoms. The van der Waals surface area contributed by atoms with Gasteiger partial charge >= 0.3 is 0 Å². The van der Waals surface area contributed by atoms with E-state index in [-0.39, 0.29) is 11.3 Å². The second-order valence-electron chi connectivity index (χ2n) is 8.29. The first-order chi connectivity index (χ1) is 13.8. The Labute approximate surface area is 166 Å². The fourth-order valence-electron chi connectivity index (χ4n) is 5.30.